The van der Waals surface area contributed by atoms with Crippen LogP contribution in [-0.4, -0.2) is 12.1 Å². The number of nitrogens with one attached hydrogen (secondary N) is 1. The smallest absolute Gasteiger partial charge is 0.0270 e. The normalized spacial score (nSPS) is 24.1. The highest BCUT2D eigenvalue weighted by atomic mass is 15.0. The van der Waals surface area contributed by atoms with Crippen LogP contribution < -0.4 is 5.32 Å². The number of rotatable bonds is 2. The molecule has 1 unspecified atom stereocenters. The van der Waals surface area contributed by atoms with E-state index in [0.29, 0.717) is 5.41 Å². The van der Waals surface area contributed by atoms with E-state index < -0.39 is 0 Å². The molecule has 0 spiro atoms. The Morgan fingerprint density at radius 2 is 1.60 bits per heavy atom. The molecule has 1 N–H and O–H groups in total. The molecule has 20 heavy (non-hydrogen) atoms. The van der Waals surface area contributed by atoms with Crippen molar-refractivity contribution in [2.24, 2.45) is 5.41 Å². The summed E-state index contributed by atoms with van der Waals surface area (Å²) in [6, 6.07) is 9.27. The zero-order chi connectivity index (χ0) is 15.0. The lowest BCUT2D eigenvalue weighted by atomic mass is 9.69. The Labute approximate surface area is 125 Å². The molecule has 1 aliphatic heterocycles. The zero-order valence-corrected chi connectivity index (χ0v) is 14.1. The monoisotopic (exact) mass is 273 g/mol. The Kier molecular flexibility index (Phi) is 4.03. The van der Waals surface area contributed by atoms with Gasteiger partial charge in [-0.05, 0) is 47.8 Å². The first-order chi connectivity index (χ1) is 9.14. The number of hydrogen-bond donors (Lipinski definition) is 1. The molecule has 1 atom stereocenters. The molecule has 0 bridgehead atoms. The topological polar surface area (TPSA) is 12.0 Å². The fourth-order valence-corrected chi connectivity index (χ4v) is 3.33. The molecule has 0 saturated carbocycles. The van der Waals surface area contributed by atoms with Gasteiger partial charge in [0.25, 0.3) is 0 Å². The van der Waals surface area contributed by atoms with E-state index in [1.165, 1.54) is 24.0 Å². The highest BCUT2D eigenvalue weighted by Gasteiger charge is 2.43. The third-order valence-electron chi connectivity index (χ3n) is 5.01. The lowest BCUT2D eigenvalue weighted by Crippen LogP contribution is -2.52. The van der Waals surface area contributed by atoms with Crippen LogP contribution in [0.15, 0.2) is 24.3 Å². The van der Waals surface area contributed by atoms with Gasteiger partial charge in [-0.15, -0.1) is 0 Å². The van der Waals surface area contributed by atoms with Gasteiger partial charge < -0.3 is 5.32 Å². The lowest BCUT2D eigenvalue weighted by molar-refractivity contribution is 0.159. The van der Waals surface area contributed by atoms with Crippen molar-refractivity contribution < 1.29 is 0 Å². The largest absolute Gasteiger partial charge is 0.310 e. The van der Waals surface area contributed by atoms with Gasteiger partial charge >= 0.3 is 0 Å². The second kappa shape index (κ2) is 5.18. The van der Waals surface area contributed by atoms with Crippen LogP contribution >= 0.6 is 0 Å². The SMILES string of the molecule is CC(C)(C)c1ccc(CC2(C(C)(C)C)CCCN2)cc1. The number of hydrogen-bond acceptors (Lipinski definition) is 1. The van der Waals surface area contributed by atoms with E-state index in [0.717, 1.165) is 13.0 Å². The summed E-state index contributed by atoms with van der Waals surface area (Å²) < 4.78 is 0. The van der Waals surface area contributed by atoms with Crippen molar-refractivity contribution in [2.75, 3.05) is 6.54 Å². The van der Waals surface area contributed by atoms with Crippen LogP contribution in [-0.2, 0) is 11.8 Å². The molecule has 1 heteroatoms. The Hall–Kier alpha value is -0.820. The van der Waals surface area contributed by atoms with E-state index >= 15 is 0 Å². The van der Waals surface area contributed by atoms with Gasteiger partial charge in [-0.3, -0.25) is 0 Å². The van der Waals surface area contributed by atoms with Gasteiger partial charge in [-0.25, -0.2) is 0 Å². The summed E-state index contributed by atoms with van der Waals surface area (Å²) in [5.41, 5.74) is 3.68. The maximum absolute atomic E-state index is 3.80. The predicted molar refractivity (Wildman–Crippen MR) is 88.3 cm³/mol. The fraction of sp³-hybridized carbons (Fsp3) is 0.684. The third-order valence-corrected chi connectivity index (χ3v) is 5.01. The molecule has 1 aliphatic rings. The standard InChI is InChI=1S/C19H31N/c1-17(2,3)16-10-8-15(9-11-16)14-19(18(4,5)6)12-7-13-20-19/h8-11,20H,7,12-14H2,1-6H3. The lowest BCUT2D eigenvalue weighted by Gasteiger charge is -2.42. The zero-order valence-electron chi connectivity index (χ0n) is 14.1. The van der Waals surface area contributed by atoms with Crippen molar-refractivity contribution in [1.29, 1.82) is 0 Å². The summed E-state index contributed by atoms with van der Waals surface area (Å²) in [5.74, 6) is 0. The Balaban J connectivity index is 2.20. The van der Waals surface area contributed by atoms with Crippen molar-refractivity contribution in [3.05, 3.63) is 35.4 Å². The maximum Gasteiger partial charge on any atom is 0.0270 e. The van der Waals surface area contributed by atoms with Gasteiger partial charge in [0.15, 0.2) is 0 Å². The molecule has 0 radical (unpaired) electrons. The minimum absolute atomic E-state index is 0.242. The van der Waals surface area contributed by atoms with Crippen LogP contribution in [0.3, 0.4) is 0 Å². The van der Waals surface area contributed by atoms with Gasteiger partial charge in [0.05, 0.1) is 0 Å². The second-order valence-electron chi connectivity index (χ2n) is 8.49. The fourth-order valence-electron chi connectivity index (χ4n) is 3.33. The first-order valence-corrected chi connectivity index (χ1v) is 7.99. The molecule has 1 aromatic rings. The average Bonchev–Trinajstić information content (AvgIpc) is 2.77. The molecule has 0 aliphatic carbocycles. The van der Waals surface area contributed by atoms with Gasteiger partial charge in [-0.1, -0.05) is 65.8 Å². The van der Waals surface area contributed by atoms with Crippen molar-refractivity contribution >= 4 is 0 Å². The Bertz CT molecular complexity index is 436. The summed E-state index contributed by atoms with van der Waals surface area (Å²) in [7, 11) is 0. The Morgan fingerprint density at radius 1 is 1.00 bits per heavy atom. The van der Waals surface area contributed by atoms with E-state index in [2.05, 4.69) is 71.1 Å². The van der Waals surface area contributed by atoms with Crippen molar-refractivity contribution in [1.82, 2.24) is 5.32 Å². The molecule has 1 heterocycles. The van der Waals surface area contributed by atoms with Gasteiger partial charge in [0.1, 0.15) is 0 Å². The van der Waals surface area contributed by atoms with Gasteiger partial charge in [0.2, 0.25) is 0 Å². The van der Waals surface area contributed by atoms with Crippen molar-refractivity contribution in [2.45, 2.75) is 71.8 Å². The summed E-state index contributed by atoms with van der Waals surface area (Å²) in [5, 5.41) is 3.80. The average molecular weight is 273 g/mol. The molecule has 112 valence electrons. The molecule has 0 aromatic heterocycles. The second-order valence-corrected chi connectivity index (χ2v) is 8.49. The Morgan fingerprint density at radius 3 is 2.00 bits per heavy atom. The quantitative estimate of drug-likeness (QED) is 0.824. The van der Waals surface area contributed by atoms with E-state index in [-0.39, 0.29) is 11.0 Å². The van der Waals surface area contributed by atoms with Crippen LogP contribution in [0.2, 0.25) is 0 Å². The third kappa shape index (κ3) is 3.09. The van der Waals surface area contributed by atoms with Crippen molar-refractivity contribution in [3.8, 4) is 0 Å². The highest BCUT2D eigenvalue weighted by molar-refractivity contribution is 5.29. The minimum atomic E-state index is 0.242. The summed E-state index contributed by atoms with van der Waals surface area (Å²) in [6.07, 6.45) is 3.73. The first kappa shape index (κ1) is 15.6. The maximum atomic E-state index is 3.80. The van der Waals surface area contributed by atoms with Crippen molar-refractivity contribution in [3.63, 3.8) is 0 Å². The van der Waals surface area contributed by atoms with E-state index in [9.17, 15) is 0 Å². The molecule has 1 fully saturated rings. The van der Waals surface area contributed by atoms with Gasteiger partial charge in [-0.2, -0.15) is 0 Å². The molecule has 1 aromatic carbocycles. The van der Waals surface area contributed by atoms with E-state index in [1.54, 1.807) is 0 Å². The first-order valence-electron chi connectivity index (χ1n) is 7.99. The molecule has 2 rings (SSSR count). The summed E-state index contributed by atoms with van der Waals surface area (Å²) in [4.78, 5) is 0. The molecule has 1 nitrogen and oxygen atoms in total. The molecule has 1 saturated heterocycles. The summed E-state index contributed by atoms with van der Waals surface area (Å²) >= 11 is 0. The van der Waals surface area contributed by atoms with E-state index in [1.807, 2.05) is 0 Å². The van der Waals surface area contributed by atoms with Crippen LogP contribution in [0.4, 0.5) is 0 Å². The molecular weight excluding hydrogens is 242 g/mol. The molecule has 0 amide bonds. The summed E-state index contributed by atoms with van der Waals surface area (Å²) in [6.45, 7) is 15.1. The molecular formula is C19H31N. The van der Waals surface area contributed by atoms with Crippen LogP contribution in [0.1, 0.15) is 65.5 Å². The van der Waals surface area contributed by atoms with Gasteiger partial charge in [0, 0.05) is 5.54 Å². The van der Waals surface area contributed by atoms with Crippen LogP contribution in [0, 0.1) is 5.41 Å². The van der Waals surface area contributed by atoms with Crippen LogP contribution in [0.5, 0.6) is 0 Å². The minimum Gasteiger partial charge on any atom is -0.310 e. The predicted octanol–water partition coefficient (Wildman–Crippen LogP) is 4.69. The van der Waals surface area contributed by atoms with E-state index in [4.69, 9.17) is 0 Å². The highest BCUT2D eigenvalue weighted by Crippen LogP contribution is 2.40. The number of benzene rings is 1. The van der Waals surface area contributed by atoms with Crippen LogP contribution in [0.25, 0.3) is 0 Å².